The molecule has 0 amide bonds. The van der Waals surface area contributed by atoms with Crippen molar-refractivity contribution in [2.75, 3.05) is 6.61 Å². The predicted molar refractivity (Wildman–Crippen MR) is 178 cm³/mol. The fraction of sp³-hybridized carbons (Fsp3) is 0.943. The average Bonchev–Trinajstić information content (AvgIpc) is 3.26. The summed E-state index contributed by atoms with van der Waals surface area (Å²) in [6, 6.07) is 0. The van der Waals surface area contributed by atoms with Gasteiger partial charge in [-0.05, 0) is 127 Å². The zero-order valence-electron chi connectivity index (χ0n) is 29.4. The van der Waals surface area contributed by atoms with Crippen molar-refractivity contribution in [2.45, 2.75) is 175 Å². The van der Waals surface area contributed by atoms with Crippen molar-refractivity contribution in [2.24, 2.45) is 29.1 Å². The topological polar surface area (TPSA) is 47.9 Å². The van der Waals surface area contributed by atoms with Gasteiger partial charge in [-0.3, -0.25) is 0 Å². The fourth-order valence-electron chi connectivity index (χ4n) is 7.88. The lowest BCUT2D eigenvalue weighted by Gasteiger charge is -2.51. The van der Waals surface area contributed by atoms with E-state index >= 15 is 0 Å². The maximum atomic E-state index is 10.1. The van der Waals surface area contributed by atoms with Crippen LogP contribution in [0.1, 0.15) is 140 Å². The molecule has 5 atom stereocenters. The number of fused-ring (bicyclic) bond motifs is 1. The number of aliphatic hydroxyl groups is 1. The van der Waals surface area contributed by atoms with Gasteiger partial charge in [0.05, 0.1) is 16.8 Å². The second-order valence-corrected chi connectivity index (χ2v) is 22.3. The normalized spacial score (nSPS) is 32.0. The highest BCUT2D eigenvalue weighted by molar-refractivity contribution is 6.74. The molecule has 3 rings (SSSR count). The van der Waals surface area contributed by atoms with Gasteiger partial charge in [0.15, 0.2) is 8.32 Å². The summed E-state index contributed by atoms with van der Waals surface area (Å²) in [7, 11) is -2.02. The highest BCUT2D eigenvalue weighted by Gasteiger charge is 2.56. The lowest BCUT2D eigenvalue weighted by atomic mass is 9.54. The number of rotatable bonds is 12. The number of hydrogen-bond acceptors (Lipinski definition) is 4. The van der Waals surface area contributed by atoms with Crippen molar-refractivity contribution in [1.29, 1.82) is 0 Å². The molecule has 6 heteroatoms. The lowest BCUT2D eigenvalue weighted by molar-refractivity contribution is 0.00578. The van der Waals surface area contributed by atoms with Gasteiger partial charge in [-0.2, -0.15) is 0 Å². The SMILES string of the molecule is C[C@H](CO[Si](C)(C)C(C)(C)C)[C@H]1CC[C@H]2/C(=C/B3OC(C)(C)C(C)(C)O3)CC[C@@H](CCCCCCC(C)(C)O)[C@]12C. The summed E-state index contributed by atoms with van der Waals surface area (Å²) in [6.45, 7) is 30.3. The molecule has 0 bridgehead atoms. The van der Waals surface area contributed by atoms with Crippen LogP contribution in [-0.2, 0) is 13.7 Å². The van der Waals surface area contributed by atoms with E-state index in [1.54, 1.807) is 5.57 Å². The second kappa shape index (κ2) is 12.7. The van der Waals surface area contributed by atoms with Crippen LogP contribution < -0.4 is 0 Å². The van der Waals surface area contributed by atoms with E-state index in [0.29, 0.717) is 17.8 Å². The Morgan fingerprint density at radius 1 is 0.951 bits per heavy atom. The summed E-state index contributed by atoms with van der Waals surface area (Å²) in [5, 5.41) is 10.3. The highest BCUT2D eigenvalue weighted by Crippen LogP contribution is 2.63. The molecule has 0 radical (unpaired) electrons. The molecule has 1 saturated heterocycles. The van der Waals surface area contributed by atoms with Crippen LogP contribution in [0.25, 0.3) is 0 Å². The molecular formula is C35H67BO4Si. The zero-order chi connectivity index (χ0) is 31.1. The van der Waals surface area contributed by atoms with Crippen LogP contribution in [0.4, 0.5) is 0 Å². The summed E-state index contributed by atoms with van der Waals surface area (Å²) in [6.07, 6.45) is 12.2. The van der Waals surface area contributed by atoms with Crippen molar-refractivity contribution >= 4 is 15.4 Å². The minimum absolute atomic E-state index is 0.242. The van der Waals surface area contributed by atoms with E-state index in [1.165, 1.54) is 51.4 Å². The van der Waals surface area contributed by atoms with Crippen LogP contribution in [0.2, 0.25) is 18.1 Å². The molecule has 41 heavy (non-hydrogen) atoms. The van der Waals surface area contributed by atoms with Crippen LogP contribution in [-0.4, -0.2) is 44.0 Å². The van der Waals surface area contributed by atoms with E-state index in [-0.39, 0.29) is 28.8 Å². The second-order valence-electron chi connectivity index (χ2n) is 17.5. The standard InChI is InChI=1S/C35H67BO4Si/c1-26(25-38-41(12,13)31(2,3)4)29-21-22-30-27(24-36-39-33(7,8)34(9,10)40-36)19-20-28(35(29,30)11)18-16-14-15-17-23-32(5,6)37/h24,26,28-30,37H,14-23,25H2,1-13H3/b27-24+/t26-,28-,29-,30+,35-/m1/s1. The third kappa shape index (κ3) is 8.13. The Labute approximate surface area is 256 Å². The van der Waals surface area contributed by atoms with Crippen molar-refractivity contribution in [3.05, 3.63) is 11.5 Å². The molecule has 3 fully saturated rings. The van der Waals surface area contributed by atoms with Gasteiger partial charge in [0, 0.05) is 6.61 Å². The average molecular weight is 591 g/mol. The molecule has 238 valence electrons. The van der Waals surface area contributed by atoms with Gasteiger partial charge in [0.2, 0.25) is 0 Å². The third-order valence-electron chi connectivity index (χ3n) is 12.3. The molecule has 0 aromatic carbocycles. The zero-order valence-corrected chi connectivity index (χ0v) is 30.4. The monoisotopic (exact) mass is 590 g/mol. The smallest absolute Gasteiger partial charge is 0.417 e. The van der Waals surface area contributed by atoms with Gasteiger partial charge in [-0.15, -0.1) is 0 Å². The Balaban J connectivity index is 1.77. The molecule has 4 nitrogen and oxygen atoms in total. The van der Waals surface area contributed by atoms with E-state index in [1.807, 2.05) is 13.8 Å². The molecule has 1 aliphatic heterocycles. The number of hydrogen-bond donors (Lipinski definition) is 1. The van der Waals surface area contributed by atoms with Crippen LogP contribution in [0.15, 0.2) is 11.5 Å². The van der Waals surface area contributed by atoms with Gasteiger partial charge in [0.25, 0.3) is 0 Å². The first kappa shape index (κ1) is 35.3. The van der Waals surface area contributed by atoms with Gasteiger partial charge in [-0.1, -0.05) is 71.9 Å². The van der Waals surface area contributed by atoms with Gasteiger partial charge in [-0.25, -0.2) is 0 Å². The first-order valence-corrected chi connectivity index (χ1v) is 19.9. The Kier molecular flexibility index (Phi) is 10.9. The molecule has 3 aliphatic rings. The minimum Gasteiger partial charge on any atom is -0.417 e. The van der Waals surface area contributed by atoms with Crippen molar-refractivity contribution < 1.29 is 18.8 Å². The van der Waals surface area contributed by atoms with E-state index < -0.39 is 13.9 Å². The Hall–Kier alpha value is -0.138. The molecule has 0 unspecified atom stereocenters. The third-order valence-corrected chi connectivity index (χ3v) is 16.8. The van der Waals surface area contributed by atoms with Crippen LogP contribution in [0.3, 0.4) is 0 Å². The van der Waals surface area contributed by atoms with Crippen molar-refractivity contribution in [3.8, 4) is 0 Å². The molecule has 0 spiro atoms. The van der Waals surface area contributed by atoms with E-state index in [2.05, 4.69) is 81.4 Å². The van der Waals surface area contributed by atoms with Crippen LogP contribution in [0, 0.1) is 29.1 Å². The summed E-state index contributed by atoms with van der Waals surface area (Å²) in [4.78, 5) is 0. The molecule has 2 aliphatic carbocycles. The highest BCUT2D eigenvalue weighted by atomic mass is 28.4. The molecule has 1 N–H and O–H groups in total. The molecule has 1 heterocycles. The van der Waals surface area contributed by atoms with E-state index in [0.717, 1.165) is 25.4 Å². The Morgan fingerprint density at radius 3 is 2.10 bits per heavy atom. The summed E-state index contributed by atoms with van der Waals surface area (Å²) in [5.41, 5.74) is 0.746. The van der Waals surface area contributed by atoms with Gasteiger partial charge in [0.1, 0.15) is 0 Å². The Bertz CT molecular complexity index is 883. The fourth-order valence-corrected chi connectivity index (χ4v) is 9.00. The molecule has 0 aromatic rings. The predicted octanol–water partition coefficient (Wildman–Crippen LogP) is 9.76. The molecule has 0 aromatic heterocycles. The largest absolute Gasteiger partial charge is 0.487 e. The lowest BCUT2D eigenvalue weighted by Crippen LogP contribution is -2.46. The van der Waals surface area contributed by atoms with E-state index in [4.69, 9.17) is 13.7 Å². The minimum atomic E-state index is -1.78. The molecular weight excluding hydrogens is 523 g/mol. The van der Waals surface area contributed by atoms with Crippen molar-refractivity contribution in [1.82, 2.24) is 0 Å². The first-order valence-electron chi connectivity index (χ1n) is 17.0. The number of allylic oxidation sites excluding steroid dienone is 1. The van der Waals surface area contributed by atoms with Gasteiger partial charge < -0.3 is 18.8 Å². The first-order chi connectivity index (χ1) is 18.6. The summed E-state index contributed by atoms with van der Waals surface area (Å²) >= 11 is 0. The van der Waals surface area contributed by atoms with Crippen LogP contribution in [0.5, 0.6) is 0 Å². The Morgan fingerprint density at radius 2 is 1.54 bits per heavy atom. The quantitative estimate of drug-likeness (QED) is 0.182. The summed E-state index contributed by atoms with van der Waals surface area (Å²) < 4.78 is 19.7. The maximum absolute atomic E-state index is 10.1. The van der Waals surface area contributed by atoms with Crippen molar-refractivity contribution in [3.63, 3.8) is 0 Å². The van der Waals surface area contributed by atoms with E-state index in [9.17, 15) is 5.11 Å². The number of unbranched alkanes of at least 4 members (excludes halogenated alkanes) is 3. The van der Waals surface area contributed by atoms with Crippen LogP contribution >= 0.6 is 0 Å². The molecule has 2 saturated carbocycles. The van der Waals surface area contributed by atoms with Gasteiger partial charge >= 0.3 is 7.12 Å². The summed E-state index contributed by atoms with van der Waals surface area (Å²) in [5.74, 6) is 4.98. The maximum Gasteiger partial charge on any atom is 0.487 e.